The van der Waals surface area contributed by atoms with E-state index in [1.165, 1.54) is 0 Å². The van der Waals surface area contributed by atoms with Gasteiger partial charge in [0.2, 0.25) is 11.9 Å². The topological polar surface area (TPSA) is 80.7 Å². The maximum absolute atomic E-state index is 12.9. The van der Waals surface area contributed by atoms with E-state index >= 15 is 0 Å². The van der Waals surface area contributed by atoms with Gasteiger partial charge in [0.15, 0.2) is 5.78 Å². The summed E-state index contributed by atoms with van der Waals surface area (Å²) in [6.45, 7) is 3.79. The summed E-state index contributed by atoms with van der Waals surface area (Å²) in [5, 5.41) is 4.82. The van der Waals surface area contributed by atoms with Gasteiger partial charge in [-0.3, -0.25) is 10.1 Å². The number of ketones is 1. The summed E-state index contributed by atoms with van der Waals surface area (Å²) in [7, 11) is 0. The molecule has 154 valence electrons. The molecular weight excluding hydrogens is 410 g/mol. The van der Waals surface area contributed by atoms with Crippen LogP contribution in [0.15, 0.2) is 48.5 Å². The zero-order valence-electron chi connectivity index (χ0n) is 17.2. The van der Waals surface area contributed by atoms with Crippen molar-refractivity contribution in [2.24, 2.45) is 0 Å². The van der Waals surface area contributed by atoms with Gasteiger partial charge in [-0.15, -0.1) is 0 Å². The highest BCUT2D eigenvalue weighted by molar-refractivity contribution is 6.30. The molecule has 0 aliphatic heterocycles. The van der Waals surface area contributed by atoms with E-state index in [2.05, 4.69) is 25.3 Å². The van der Waals surface area contributed by atoms with Crippen molar-refractivity contribution in [2.75, 3.05) is 5.32 Å². The van der Waals surface area contributed by atoms with E-state index in [0.29, 0.717) is 41.0 Å². The highest BCUT2D eigenvalue weighted by atomic mass is 35.5. The van der Waals surface area contributed by atoms with E-state index in [1.54, 1.807) is 0 Å². The third kappa shape index (κ3) is 3.75. The Morgan fingerprint density at radius 1 is 0.871 bits per heavy atom. The van der Waals surface area contributed by atoms with Crippen LogP contribution in [-0.2, 0) is 6.42 Å². The number of aryl methyl sites for hydroxylation is 2. The Morgan fingerprint density at radius 2 is 1.58 bits per heavy atom. The smallest absolute Gasteiger partial charge is 0.230 e. The molecular formula is C24H20ClN5O. The summed E-state index contributed by atoms with van der Waals surface area (Å²) in [5.41, 5.74) is 4.87. The van der Waals surface area contributed by atoms with Crippen molar-refractivity contribution in [1.29, 1.82) is 0 Å². The highest BCUT2D eigenvalue weighted by Gasteiger charge is 2.30. The average Bonchev–Trinajstić information content (AvgIpc) is 2.73. The largest absolute Gasteiger partial charge is 0.294 e. The maximum Gasteiger partial charge on any atom is 0.230 e. The lowest BCUT2D eigenvalue weighted by Crippen LogP contribution is -2.23. The second-order valence-electron chi connectivity index (χ2n) is 7.81. The number of carbonyl (C=O) groups is 1. The lowest BCUT2D eigenvalue weighted by atomic mass is 9.81. The molecule has 0 fully saturated rings. The Kier molecular flexibility index (Phi) is 4.87. The molecule has 0 saturated heterocycles. The van der Waals surface area contributed by atoms with Crippen LogP contribution in [0, 0.1) is 13.8 Å². The van der Waals surface area contributed by atoms with E-state index in [4.69, 9.17) is 11.6 Å². The Bertz CT molecular complexity index is 1320. The van der Waals surface area contributed by atoms with Gasteiger partial charge in [0.1, 0.15) is 0 Å². The number of nitrogens with one attached hydrogen (secondary N) is 1. The summed E-state index contributed by atoms with van der Waals surface area (Å²) in [4.78, 5) is 31.2. The monoisotopic (exact) mass is 429 g/mol. The average molecular weight is 430 g/mol. The molecule has 2 aromatic heterocycles. The first-order valence-electron chi connectivity index (χ1n) is 10.1. The number of carbonyl (C=O) groups excluding carboxylic acids is 1. The molecule has 1 N–H and O–H groups in total. The molecule has 2 heterocycles. The SMILES string of the molecule is Cc1nc(Nc2nc(C)c3ccccc3n2)nc2c1C(=O)CC(c1ccc(Cl)cc1)C2. The molecule has 0 spiro atoms. The molecule has 0 amide bonds. The van der Waals surface area contributed by atoms with E-state index in [9.17, 15) is 4.79 Å². The zero-order valence-corrected chi connectivity index (χ0v) is 17.9. The number of halogens is 1. The van der Waals surface area contributed by atoms with Crippen LogP contribution in [0.4, 0.5) is 11.9 Å². The van der Waals surface area contributed by atoms with Crippen molar-refractivity contribution in [3.8, 4) is 0 Å². The molecule has 0 saturated carbocycles. The molecule has 0 bridgehead atoms. The lowest BCUT2D eigenvalue weighted by Gasteiger charge is -2.24. The molecule has 1 atom stereocenters. The molecule has 1 aliphatic rings. The molecule has 6 nitrogen and oxygen atoms in total. The third-order valence-corrected chi connectivity index (χ3v) is 5.93. The van der Waals surface area contributed by atoms with Gasteiger partial charge in [-0.25, -0.2) is 19.9 Å². The summed E-state index contributed by atoms with van der Waals surface area (Å²) < 4.78 is 0. The Morgan fingerprint density at radius 3 is 2.39 bits per heavy atom. The Balaban J connectivity index is 1.49. The van der Waals surface area contributed by atoms with Crippen molar-refractivity contribution in [3.05, 3.63) is 81.8 Å². The van der Waals surface area contributed by atoms with Gasteiger partial charge < -0.3 is 0 Å². The quantitative estimate of drug-likeness (QED) is 0.473. The van der Waals surface area contributed by atoms with Crippen LogP contribution in [-0.4, -0.2) is 25.7 Å². The van der Waals surface area contributed by atoms with Crippen molar-refractivity contribution >= 4 is 40.2 Å². The van der Waals surface area contributed by atoms with Crippen molar-refractivity contribution < 1.29 is 4.79 Å². The van der Waals surface area contributed by atoms with Crippen LogP contribution in [0.2, 0.25) is 5.02 Å². The summed E-state index contributed by atoms with van der Waals surface area (Å²) in [6, 6.07) is 15.5. The molecule has 2 aromatic carbocycles. The number of nitrogens with zero attached hydrogens (tertiary/aromatic N) is 4. The van der Waals surface area contributed by atoms with Gasteiger partial charge in [0.25, 0.3) is 0 Å². The van der Waals surface area contributed by atoms with Crippen molar-refractivity contribution in [1.82, 2.24) is 19.9 Å². The third-order valence-electron chi connectivity index (χ3n) is 5.67. The number of benzene rings is 2. The van der Waals surface area contributed by atoms with E-state index in [0.717, 1.165) is 27.9 Å². The molecule has 5 rings (SSSR count). The fourth-order valence-corrected chi connectivity index (χ4v) is 4.32. The lowest BCUT2D eigenvalue weighted by molar-refractivity contribution is 0.0962. The first kappa shape index (κ1) is 19.6. The van der Waals surface area contributed by atoms with Crippen LogP contribution >= 0.6 is 11.6 Å². The van der Waals surface area contributed by atoms with E-state index in [-0.39, 0.29) is 11.7 Å². The minimum absolute atomic E-state index is 0.0681. The van der Waals surface area contributed by atoms with Gasteiger partial charge in [-0.05, 0) is 49.9 Å². The second-order valence-corrected chi connectivity index (χ2v) is 8.25. The number of para-hydroxylation sites is 1. The van der Waals surface area contributed by atoms with Crippen molar-refractivity contribution in [2.45, 2.75) is 32.6 Å². The van der Waals surface area contributed by atoms with Crippen LogP contribution in [0.1, 0.15) is 45.3 Å². The molecule has 31 heavy (non-hydrogen) atoms. The fraction of sp³-hybridized carbons (Fsp3) is 0.208. The first-order chi connectivity index (χ1) is 15.0. The summed E-state index contributed by atoms with van der Waals surface area (Å²) in [5.74, 6) is 0.976. The Labute approximate surface area is 184 Å². The summed E-state index contributed by atoms with van der Waals surface area (Å²) in [6.07, 6.45) is 1.11. The first-order valence-corrected chi connectivity index (χ1v) is 10.5. The van der Waals surface area contributed by atoms with Gasteiger partial charge in [0, 0.05) is 16.8 Å². The van der Waals surface area contributed by atoms with Crippen LogP contribution in [0.25, 0.3) is 10.9 Å². The van der Waals surface area contributed by atoms with E-state index in [1.807, 2.05) is 62.4 Å². The normalized spacial score (nSPS) is 15.7. The Hall–Kier alpha value is -3.38. The zero-order chi connectivity index (χ0) is 21.5. The molecule has 7 heteroatoms. The van der Waals surface area contributed by atoms with Gasteiger partial charge >= 0.3 is 0 Å². The highest BCUT2D eigenvalue weighted by Crippen LogP contribution is 2.34. The van der Waals surface area contributed by atoms with Crippen LogP contribution in [0.5, 0.6) is 0 Å². The van der Waals surface area contributed by atoms with E-state index < -0.39 is 0 Å². The predicted molar refractivity (Wildman–Crippen MR) is 121 cm³/mol. The fourth-order valence-electron chi connectivity index (χ4n) is 4.19. The molecule has 0 radical (unpaired) electrons. The molecule has 4 aromatic rings. The van der Waals surface area contributed by atoms with Crippen LogP contribution in [0.3, 0.4) is 0 Å². The molecule has 1 aliphatic carbocycles. The number of hydrogen-bond donors (Lipinski definition) is 1. The standard InChI is InChI=1S/C24H20ClN5O/c1-13-18-5-3-4-6-19(18)28-23(26-13)30-24-27-14(2)22-20(29-24)11-16(12-21(22)31)15-7-9-17(25)10-8-15/h3-10,16H,11-12H2,1-2H3,(H,26,27,28,29,30). The minimum atomic E-state index is 0.0681. The molecule has 1 unspecified atom stereocenters. The number of aromatic nitrogens is 4. The minimum Gasteiger partial charge on any atom is -0.294 e. The van der Waals surface area contributed by atoms with Crippen LogP contribution < -0.4 is 5.32 Å². The predicted octanol–water partition coefficient (Wildman–Crippen LogP) is 5.35. The number of Topliss-reactive ketones (excluding diaryl/α,β-unsaturated/α-hetero) is 1. The van der Waals surface area contributed by atoms with Crippen molar-refractivity contribution in [3.63, 3.8) is 0 Å². The second kappa shape index (κ2) is 7.71. The number of fused-ring (bicyclic) bond motifs is 2. The number of rotatable bonds is 3. The van der Waals surface area contributed by atoms with Gasteiger partial charge in [0.05, 0.1) is 28.2 Å². The number of hydrogen-bond acceptors (Lipinski definition) is 6. The van der Waals surface area contributed by atoms with Gasteiger partial charge in [-0.2, -0.15) is 0 Å². The number of anilines is 2. The maximum atomic E-state index is 12.9. The summed E-state index contributed by atoms with van der Waals surface area (Å²) >= 11 is 6.02. The van der Waals surface area contributed by atoms with Gasteiger partial charge in [-0.1, -0.05) is 41.9 Å².